The van der Waals surface area contributed by atoms with Crippen LogP contribution in [0.2, 0.25) is 0 Å². The first kappa shape index (κ1) is 14.4. The molecule has 0 spiro atoms. The van der Waals surface area contributed by atoms with Gasteiger partial charge in [-0.05, 0) is 19.3 Å². The summed E-state index contributed by atoms with van der Waals surface area (Å²) in [4.78, 5) is 11.2. The molecule has 0 aliphatic heterocycles. The molecule has 0 unspecified atom stereocenters. The molecule has 3 heteroatoms. The number of rotatable bonds is 10. The van der Waals surface area contributed by atoms with Crippen LogP contribution in [0.5, 0.6) is 0 Å². The third kappa shape index (κ3) is 11.4. The number of hydrogen-bond donors (Lipinski definition) is 1. The number of carbonyl (C=O) groups is 1. The average Bonchev–Trinajstić information content (AvgIpc) is 2.25. The second kappa shape index (κ2) is 11.5. The van der Waals surface area contributed by atoms with Crippen molar-refractivity contribution < 1.29 is 9.53 Å². The molecule has 0 aromatic heterocycles. The Labute approximate surface area is 93.6 Å². The Hall–Kier alpha value is -0.570. The van der Waals surface area contributed by atoms with Crippen LogP contribution in [0.15, 0.2) is 0 Å². The summed E-state index contributed by atoms with van der Waals surface area (Å²) in [7, 11) is 0. The van der Waals surface area contributed by atoms with E-state index in [-0.39, 0.29) is 5.91 Å². The van der Waals surface area contributed by atoms with Crippen LogP contribution in [0.4, 0.5) is 0 Å². The number of ether oxygens (including phenoxy) is 1. The molecule has 1 amide bonds. The second-order valence-corrected chi connectivity index (χ2v) is 3.77. The largest absolute Gasteiger partial charge is 0.381 e. The first-order valence-electron chi connectivity index (χ1n) is 6.15. The maximum Gasteiger partial charge on any atom is 0.219 e. The molecular weight excluding hydrogens is 190 g/mol. The van der Waals surface area contributed by atoms with Gasteiger partial charge in [-0.25, -0.2) is 0 Å². The molecule has 0 bridgehead atoms. The lowest BCUT2D eigenvalue weighted by atomic mass is 10.2. The van der Waals surface area contributed by atoms with Crippen LogP contribution in [0.25, 0.3) is 0 Å². The highest BCUT2D eigenvalue weighted by atomic mass is 16.5. The van der Waals surface area contributed by atoms with E-state index < -0.39 is 0 Å². The Kier molecular flexibility index (Phi) is 11.1. The zero-order chi connectivity index (χ0) is 11.4. The molecule has 0 atom stereocenters. The highest BCUT2D eigenvalue weighted by Gasteiger charge is 1.98. The molecule has 0 aromatic rings. The van der Waals surface area contributed by atoms with Crippen molar-refractivity contribution in [3.8, 4) is 0 Å². The Morgan fingerprint density at radius 1 is 1.07 bits per heavy atom. The molecule has 90 valence electrons. The summed E-state index contributed by atoms with van der Waals surface area (Å²) in [6, 6.07) is 0. The normalized spacial score (nSPS) is 10.3. The lowest BCUT2D eigenvalue weighted by molar-refractivity contribution is -0.121. The third-order valence-corrected chi connectivity index (χ3v) is 2.19. The summed E-state index contributed by atoms with van der Waals surface area (Å²) >= 11 is 0. The van der Waals surface area contributed by atoms with E-state index in [9.17, 15) is 4.79 Å². The van der Waals surface area contributed by atoms with E-state index in [0.29, 0.717) is 6.42 Å². The van der Waals surface area contributed by atoms with Gasteiger partial charge in [0.2, 0.25) is 5.91 Å². The van der Waals surface area contributed by atoms with E-state index in [1.165, 1.54) is 6.42 Å². The molecule has 0 heterocycles. The standard InChI is InChI=1S/C12H25NO2/c1-3-5-8-12(14)13-9-7-11-15-10-6-4-2/h3-11H2,1-2H3,(H,13,14). The van der Waals surface area contributed by atoms with Crippen molar-refractivity contribution in [2.24, 2.45) is 0 Å². The number of nitrogens with one attached hydrogen (secondary N) is 1. The molecule has 0 rings (SSSR count). The van der Waals surface area contributed by atoms with Gasteiger partial charge in [-0.15, -0.1) is 0 Å². The van der Waals surface area contributed by atoms with Crippen LogP contribution < -0.4 is 5.32 Å². The Morgan fingerprint density at radius 2 is 1.73 bits per heavy atom. The average molecular weight is 215 g/mol. The summed E-state index contributed by atoms with van der Waals surface area (Å²) in [5.74, 6) is 0.172. The van der Waals surface area contributed by atoms with Gasteiger partial charge in [0.25, 0.3) is 0 Å². The summed E-state index contributed by atoms with van der Waals surface area (Å²) in [6.07, 6.45) is 5.94. The number of hydrogen-bond acceptors (Lipinski definition) is 2. The van der Waals surface area contributed by atoms with E-state index in [0.717, 1.165) is 45.4 Å². The fourth-order valence-corrected chi connectivity index (χ4v) is 1.18. The molecule has 0 aliphatic carbocycles. The highest BCUT2D eigenvalue weighted by Crippen LogP contribution is 1.93. The van der Waals surface area contributed by atoms with Crippen molar-refractivity contribution in [2.75, 3.05) is 19.8 Å². The van der Waals surface area contributed by atoms with Crippen molar-refractivity contribution in [3.63, 3.8) is 0 Å². The van der Waals surface area contributed by atoms with Crippen molar-refractivity contribution in [1.82, 2.24) is 5.32 Å². The Bertz CT molecular complexity index is 149. The van der Waals surface area contributed by atoms with Crippen molar-refractivity contribution >= 4 is 5.91 Å². The predicted molar refractivity (Wildman–Crippen MR) is 62.9 cm³/mol. The van der Waals surface area contributed by atoms with Crippen LogP contribution in [-0.4, -0.2) is 25.7 Å². The summed E-state index contributed by atoms with van der Waals surface area (Å²) in [5.41, 5.74) is 0. The minimum Gasteiger partial charge on any atom is -0.381 e. The van der Waals surface area contributed by atoms with Crippen LogP contribution in [-0.2, 0) is 9.53 Å². The molecule has 15 heavy (non-hydrogen) atoms. The van der Waals surface area contributed by atoms with Gasteiger partial charge in [0, 0.05) is 26.2 Å². The van der Waals surface area contributed by atoms with Crippen LogP contribution in [0, 0.1) is 0 Å². The Balaban J connectivity index is 3.06. The summed E-state index contributed by atoms with van der Waals surface area (Å²) < 4.78 is 5.39. The smallest absolute Gasteiger partial charge is 0.219 e. The van der Waals surface area contributed by atoms with Gasteiger partial charge in [-0.2, -0.15) is 0 Å². The fraction of sp³-hybridized carbons (Fsp3) is 0.917. The monoisotopic (exact) mass is 215 g/mol. The number of amides is 1. The van der Waals surface area contributed by atoms with E-state index in [2.05, 4.69) is 19.2 Å². The molecule has 0 aliphatic rings. The molecule has 0 saturated heterocycles. The number of unbranched alkanes of at least 4 members (excludes halogenated alkanes) is 2. The molecule has 0 fully saturated rings. The maximum absolute atomic E-state index is 11.2. The van der Waals surface area contributed by atoms with Crippen LogP contribution in [0.3, 0.4) is 0 Å². The lowest BCUT2D eigenvalue weighted by Gasteiger charge is -2.05. The van der Waals surface area contributed by atoms with Gasteiger partial charge in [0.1, 0.15) is 0 Å². The van der Waals surface area contributed by atoms with Crippen molar-refractivity contribution in [1.29, 1.82) is 0 Å². The Morgan fingerprint density at radius 3 is 2.40 bits per heavy atom. The van der Waals surface area contributed by atoms with Gasteiger partial charge in [0.05, 0.1) is 0 Å². The summed E-state index contributed by atoms with van der Waals surface area (Å²) in [5, 5.41) is 2.89. The summed E-state index contributed by atoms with van der Waals surface area (Å²) in [6.45, 7) is 6.59. The van der Waals surface area contributed by atoms with Gasteiger partial charge in [-0.3, -0.25) is 4.79 Å². The molecule has 0 aromatic carbocycles. The predicted octanol–water partition coefficient (Wildman–Crippen LogP) is 2.50. The SMILES string of the molecule is CCCCOCCCNC(=O)CCCC. The van der Waals surface area contributed by atoms with E-state index in [1.807, 2.05) is 0 Å². The van der Waals surface area contributed by atoms with Gasteiger partial charge in [0.15, 0.2) is 0 Å². The van der Waals surface area contributed by atoms with Crippen molar-refractivity contribution in [3.05, 3.63) is 0 Å². The van der Waals surface area contributed by atoms with Gasteiger partial charge < -0.3 is 10.1 Å². The second-order valence-electron chi connectivity index (χ2n) is 3.77. The first-order valence-corrected chi connectivity index (χ1v) is 6.15. The highest BCUT2D eigenvalue weighted by molar-refractivity contribution is 5.75. The zero-order valence-electron chi connectivity index (χ0n) is 10.2. The maximum atomic E-state index is 11.2. The molecule has 1 N–H and O–H groups in total. The lowest BCUT2D eigenvalue weighted by Crippen LogP contribution is -2.24. The zero-order valence-corrected chi connectivity index (χ0v) is 10.2. The van der Waals surface area contributed by atoms with E-state index in [4.69, 9.17) is 4.74 Å². The van der Waals surface area contributed by atoms with Crippen LogP contribution in [0.1, 0.15) is 52.4 Å². The third-order valence-electron chi connectivity index (χ3n) is 2.19. The van der Waals surface area contributed by atoms with Crippen LogP contribution >= 0.6 is 0 Å². The van der Waals surface area contributed by atoms with Gasteiger partial charge in [-0.1, -0.05) is 26.7 Å². The minimum atomic E-state index is 0.172. The topological polar surface area (TPSA) is 38.3 Å². The number of carbonyl (C=O) groups excluding carboxylic acids is 1. The molecule has 3 nitrogen and oxygen atoms in total. The van der Waals surface area contributed by atoms with E-state index in [1.54, 1.807) is 0 Å². The molecule has 0 saturated carbocycles. The van der Waals surface area contributed by atoms with Gasteiger partial charge >= 0.3 is 0 Å². The molecular formula is C12H25NO2. The van der Waals surface area contributed by atoms with E-state index >= 15 is 0 Å². The minimum absolute atomic E-state index is 0.172. The quantitative estimate of drug-likeness (QED) is 0.569. The molecule has 0 radical (unpaired) electrons. The van der Waals surface area contributed by atoms with Crippen molar-refractivity contribution in [2.45, 2.75) is 52.4 Å². The fourth-order valence-electron chi connectivity index (χ4n) is 1.18. The first-order chi connectivity index (χ1) is 7.31.